The van der Waals surface area contributed by atoms with Gasteiger partial charge in [-0.1, -0.05) is 31.9 Å². The van der Waals surface area contributed by atoms with E-state index in [0.29, 0.717) is 27.8 Å². The highest BCUT2D eigenvalue weighted by atomic mass is 79.9. The van der Waals surface area contributed by atoms with Gasteiger partial charge in [0, 0.05) is 49.9 Å². The van der Waals surface area contributed by atoms with Gasteiger partial charge in [-0.3, -0.25) is 19.2 Å². The molecule has 1 fully saturated rings. The Morgan fingerprint density at radius 3 is 1.96 bits per heavy atom. The molecule has 0 bridgehead atoms. The van der Waals surface area contributed by atoms with E-state index in [0.717, 1.165) is 26.3 Å². The number of hydrogen-bond acceptors (Lipinski definition) is 6. The van der Waals surface area contributed by atoms with Crippen molar-refractivity contribution in [2.45, 2.75) is 0 Å². The first-order valence-electron chi connectivity index (χ1n) is 8.33. The molecule has 2 aromatic carbocycles. The molecule has 0 spiro atoms. The summed E-state index contributed by atoms with van der Waals surface area (Å²) in [5.74, 6) is -0.421. The van der Waals surface area contributed by atoms with Crippen molar-refractivity contribution in [3.8, 4) is 0 Å². The van der Waals surface area contributed by atoms with Crippen molar-refractivity contribution in [3.63, 3.8) is 0 Å². The number of halogens is 2. The van der Waals surface area contributed by atoms with Crippen LogP contribution in [0.1, 0.15) is 47.0 Å². The number of nitrogens with one attached hydrogen (secondary N) is 1. The first-order valence-corrected chi connectivity index (χ1v) is 9.92. The first-order chi connectivity index (χ1) is 13.5. The molecule has 0 amide bonds. The predicted molar refractivity (Wildman–Crippen MR) is 112 cm³/mol. The van der Waals surface area contributed by atoms with Gasteiger partial charge in [-0.25, -0.2) is 0 Å². The average Bonchev–Trinajstić information content (AvgIpc) is 2.74. The standard InChI is InChI=1S/C16H8Br2O4.C4H9NO/c17-12-2-1-9(6-19)13(5-12)16(22)14-3-10(7-20)11(8-21)4-15(14)18;1-3-6-4-2-5-1/h1-8H;5H,1-4H2. The monoisotopic (exact) mass is 509 g/mol. The number of rotatable bonds is 5. The van der Waals surface area contributed by atoms with Gasteiger partial charge in [-0.05, 0) is 30.3 Å². The molecule has 8 heteroatoms. The lowest BCUT2D eigenvalue weighted by Crippen LogP contribution is -2.30. The fourth-order valence-corrected chi connectivity index (χ4v) is 3.37. The van der Waals surface area contributed by atoms with E-state index in [4.69, 9.17) is 4.74 Å². The summed E-state index contributed by atoms with van der Waals surface area (Å²) >= 11 is 6.47. The van der Waals surface area contributed by atoms with Crippen LogP contribution in [0.5, 0.6) is 0 Å². The number of carbonyl (C=O) groups excluding carboxylic acids is 4. The Balaban J connectivity index is 0.000000397. The van der Waals surface area contributed by atoms with Crippen LogP contribution in [-0.4, -0.2) is 50.9 Å². The zero-order chi connectivity index (χ0) is 20.5. The number of ether oxygens (including phenoxy) is 1. The van der Waals surface area contributed by atoms with Gasteiger partial charge < -0.3 is 10.1 Å². The number of carbonyl (C=O) groups is 4. The Hall–Kier alpha value is -2.00. The smallest absolute Gasteiger partial charge is 0.194 e. The highest BCUT2D eigenvalue weighted by Crippen LogP contribution is 2.26. The molecule has 3 rings (SSSR count). The van der Waals surface area contributed by atoms with Crippen LogP contribution in [0.3, 0.4) is 0 Å². The average molecular weight is 511 g/mol. The lowest BCUT2D eigenvalue weighted by atomic mass is 9.96. The maximum Gasteiger partial charge on any atom is 0.194 e. The Labute approximate surface area is 178 Å². The molecule has 1 N–H and O–H groups in total. The van der Waals surface area contributed by atoms with Gasteiger partial charge in [-0.2, -0.15) is 0 Å². The molecule has 28 heavy (non-hydrogen) atoms. The second-order valence-corrected chi connectivity index (χ2v) is 7.51. The van der Waals surface area contributed by atoms with Crippen LogP contribution in [0, 0.1) is 0 Å². The van der Waals surface area contributed by atoms with Crippen LogP contribution >= 0.6 is 31.9 Å². The van der Waals surface area contributed by atoms with E-state index in [1.165, 1.54) is 24.3 Å². The van der Waals surface area contributed by atoms with E-state index < -0.39 is 5.78 Å². The third-order valence-corrected chi connectivity index (χ3v) is 5.05. The Kier molecular flexibility index (Phi) is 8.85. The predicted octanol–water partition coefficient (Wildman–Crippen LogP) is 3.49. The minimum absolute atomic E-state index is 0.115. The lowest BCUT2D eigenvalue weighted by Gasteiger charge is -2.10. The summed E-state index contributed by atoms with van der Waals surface area (Å²) in [6, 6.07) is 7.45. The second-order valence-electron chi connectivity index (χ2n) is 5.74. The summed E-state index contributed by atoms with van der Waals surface area (Å²) in [5, 5.41) is 3.16. The molecular formula is C20H17Br2NO5. The van der Waals surface area contributed by atoms with Crippen LogP contribution in [-0.2, 0) is 4.74 Å². The SMILES string of the molecule is C1COCCN1.O=Cc1cc(Br)c(C(=O)c2cc(Br)ccc2C=O)cc1C=O. The minimum Gasteiger partial charge on any atom is -0.379 e. The van der Waals surface area contributed by atoms with Crippen LogP contribution in [0.25, 0.3) is 0 Å². The lowest BCUT2D eigenvalue weighted by molar-refractivity contribution is 0.102. The molecule has 6 nitrogen and oxygen atoms in total. The third-order valence-electron chi connectivity index (χ3n) is 3.90. The normalized spacial score (nSPS) is 13.1. The second kappa shape index (κ2) is 11.1. The van der Waals surface area contributed by atoms with E-state index in [-0.39, 0.29) is 27.8 Å². The summed E-state index contributed by atoms with van der Waals surface area (Å²) in [6.45, 7) is 3.83. The Morgan fingerprint density at radius 2 is 1.46 bits per heavy atom. The van der Waals surface area contributed by atoms with Gasteiger partial charge in [0.15, 0.2) is 24.6 Å². The van der Waals surface area contributed by atoms with Crippen LogP contribution < -0.4 is 5.32 Å². The molecule has 146 valence electrons. The third kappa shape index (κ3) is 5.75. The molecule has 0 saturated carbocycles. The number of hydrogen-bond donors (Lipinski definition) is 1. The minimum atomic E-state index is -0.421. The topological polar surface area (TPSA) is 89.5 Å². The van der Waals surface area contributed by atoms with E-state index in [1.807, 2.05) is 0 Å². The Bertz CT molecular complexity index is 883. The van der Waals surface area contributed by atoms with Gasteiger partial charge in [-0.15, -0.1) is 0 Å². The molecule has 1 aliphatic rings. The molecule has 0 atom stereocenters. The maximum absolute atomic E-state index is 12.7. The van der Waals surface area contributed by atoms with Crippen molar-refractivity contribution in [2.75, 3.05) is 26.3 Å². The fraction of sp³-hybridized carbons (Fsp3) is 0.200. The van der Waals surface area contributed by atoms with Gasteiger partial charge >= 0.3 is 0 Å². The summed E-state index contributed by atoms with van der Waals surface area (Å²) in [5.41, 5.74) is 0.953. The highest BCUT2D eigenvalue weighted by molar-refractivity contribution is 9.10. The molecule has 2 aromatic rings. The molecule has 0 unspecified atom stereocenters. The van der Waals surface area contributed by atoms with Crippen molar-refractivity contribution < 1.29 is 23.9 Å². The maximum atomic E-state index is 12.7. The summed E-state index contributed by atoms with van der Waals surface area (Å²) < 4.78 is 6.03. The zero-order valence-electron chi connectivity index (χ0n) is 14.7. The van der Waals surface area contributed by atoms with Crippen molar-refractivity contribution in [3.05, 3.63) is 67.1 Å². The first kappa shape index (κ1) is 22.3. The van der Waals surface area contributed by atoms with Crippen LogP contribution in [0.15, 0.2) is 39.3 Å². The van der Waals surface area contributed by atoms with Gasteiger partial charge in [0.2, 0.25) is 0 Å². The molecule has 0 aliphatic carbocycles. The summed E-state index contributed by atoms with van der Waals surface area (Å²) in [6.07, 6.45) is 1.64. The van der Waals surface area contributed by atoms with E-state index in [1.54, 1.807) is 6.07 Å². The van der Waals surface area contributed by atoms with Gasteiger partial charge in [0.25, 0.3) is 0 Å². The summed E-state index contributed by atoms with van der Waals surface area (Å²) in [4.78, 5) is 45.7. The number of benzene rings is 2. The van der Waals surface area contributed by atoms with Crippen LogP contribution in [0.2, 0.25) is 0 Å². The van der Waals surface area contributed by atoms with Crippen molar-refractivity contribution in [1.29, 1.82) is 0 Å². The number of aldehydes is 3. The molecule has 1 saturated heterocycles. The quantitative estimate of drug-likeness (QED) is 0.489. The van der Waals surface area contributed by atoms with Crippen molar-refractivity contribution in [1.82, 2.24) is 5.32 Å². The fourth-order valence-electron chi connectivity index (χ4n) is 2.47. The van der Waals surface area contributed by atoms with E-state index in [2.05, 4.69) is 37.2 Å². The van der Waals surface area contributed by atoms with E-state index in [9.17, 15) is 19.2 Å². The zero-order valence-corrected chi connectivity index (χ0v) is 17.9. The number of ketones is 1. The molecule has 0 radical (unpaired) electrons. The molecule has 0 aromatic heterocycles. The molecule has 1 aliphatic heterocycles. The van der Waals surface area contributed by atoms with Crippen molar-refractivity contribution >= 4 is 56.5 Å². The largest absolute Gasteiger partial charge is 0.379 e. The van der Waals surface area contributed by atoms with E-state index >= 15 is 0 Å². The summed E-state index contributed by atoms with van der Waals surface area (Å²) in [7, 11) is 0. The molecular weight excluding hydrogens is 494 g/mol. The number of morpholine rings is 1. The van der Waals surface area contributed by atoms with Crippen LogP contribution in [0.4, 0.5) is 0 Å². The van der Waals surface area contributed by atoms with Crippen molar-refractivity contribution in [2.24, 2.45) is 0 Å². The molecule has 1 heterocycles. The highest BCUT2D eigenvalue weighted by Gasteiger charge is 2.19. The van der Waals surface area contributed by atoms with Gasteiger partial charge in [0.1, 0.15) is 0 Å². The van der Waals surface area contributed by atoms with Gasteiger partial charge in [0.05, 0.1) is 13.2 Å². The Morgan fingerprint density at radius 1 is 0.857 bits per heavy atom.